The van der Waals surface area contributed by atoms with Gasteiger partial charge in [0.15, 0.2) is 5.16 Å². The topological polar surface area (TPSA) is 85.6 Å². The lowest BCUT2D eigenvalue weighted by atomic mass is 9.99. The maximum Gasteiger partial charge on any atom is 0.328 e. The number of methoxy groups -OCH3 is 1. The highest BCUT2D eigenvalue weighted by molar-refractivity contribution is 7.99. The predicted octanol–water partition coefficient (Wildman–Crippen LogP) is 2.74. The number of carbonyl (C=O) groups is 2. The van der Waals surface area contributed by atoms with Crippen molar-refractivity contribution in [2.75, 3.05) is 12.9 Å². The second-order valence-electron chi connectivity index (χ2n) is 5.91. The summed E-state index contributed by atoms with van der Waals surface area (Å²) in [6.07, 6.45) is 0.763. The van der Waals surface area contributed by atoms with Crippen LogP contribution in [0.3, 0.4) is 0 Å². The third-order valence-corrected chi connectivity index (χ3v) is 6.17. The number of benzene rings is 1. The van der Waals surface area contributed by atoms with Gasteiger partial charge in [0.2, 0.25) is 10.9 Å². The fourth-order valence-corrected chi connectivity index (χ4v) is 4.37. The van der Waals surface area contributed by atoms with E-state index >= 15 is 0 Å². The summed E-state index contributed by atoms with van der Waals surface area (Å²) in [5.74, 6) is -0.514. The summed E-state index contributed by atoms with van der Waals surface area (Å²) in [7, 11) is 1.33. The van der Waals surface area contributed by atoms with Crippen LogP contribution < -0.4 is 5.32 Å². The molecule has 1 amide bonds. The fourth-order valence-electron chi connectivity index (χ4n) is 2.59. The molecule has 0 fully saturated rings. The van der Waals surface area contributed by atoms with Gasteiger partial charge < -0.3 is 10.1 Å². The van der Waals surface area contributed by atoms with Crippen molar-refractivity contribution in [3.8, 4) is 0 Å². The Labute approximate surface area is 159 Å². The van der Waals surface area contributed by atoms with E-state index < -0.39 is 12.0 Å². The summed E-state index contributed by atoms with van der Waals surface area (Å²) in [6.45, 7) is 3.88. The van der Waals surface area contributed by atoms with Crippen LogP contribution in [0.2, 0.25) is 0 Å². The monoisotopic (exact) mass is 392 g/mol. The standard InChI is InChI=1S/C17H20N4O3S2/c1-4-10(2)14(15(23)24-3)18-13(22)9-25-16-19-20-17-21(16)11-7-5-6-8-12(11)26-17/h5-8,10,14H,4,9H2,1-3H3,(H,18,22). The van der Waals surface area contributed by atoms with Gasteiger partial charge in [0.1, 0.15) is 6.04 Å². The maximum absolute atomic E-state index is 12.3. The molecule has 26 heavy (non-hydrogen) atoms. The number of rotatable bonds is 7. The second kappa shape index (κ2) is 8.05. The van der Waals surface area contributed by atoms with E-state index in [2.05, 4.69) is 15.5 Å². The van der Waals surface area contributed by atoms with Crippen molar-refractivity contribution < 1.29 is 14.3 Å². The minimum Gasteiger partial charge on any atom is -0.467 e. The lowest BCUT2D eigenvalue weighted by molar-refractivity contribution is -0.146. The first-order valence-electron chi connectivity index (χ1n) is 8.27. The maximum atomic E-state index is 12.3. The molecule has 9 heteroatoms. The molecule has 3 aromatic rings. The van der Waals surface area contributed by atoms with Crippen molar-refractivity contribution in [1.29, 1.82) is 0 Å². The van der Waals surface area contributed by atoms with Crippen LogP contribution in [0.4, 0.5) is 0 Å². The predicted molar refractivity (Wildman–Crippen MR) is 102 cm³/mol. The van der Waals surface area contributed by atoms with Crippen LogP contribution in [0, 0.1) is 5.92 Å². The molecule has 0 aliphatic carbocycles. The summed E-state index contributed by atoms with van der Waals surface area (Å²) in [5, 5.41) is 11.8. The molecule has 1 N–H and O–H groups in total. The number of hydrogen-bond acceptors (Lipinski definition) is 7. The number of esters is 1. The van der Waals surface area contributed by atoms with E-state index in [4.69, 9.17) is 4.74 Å². The lowest BCUT2D eigenvalue weighted by Crippen LogP contribution is -2.46. The Balaban J connectivity index is 1.71. The Kier molecular flexibility index (Phi) is 5.77. The average Bonchev–Trinajstić information content (AvgIpc) is 3.22. The van der Waals surface area contributed by atoms with Gasteiger partial charge in [-0.15, -0.1) is 10.2 Å². The second-order valence-corrected chi connectivity index (χ2v) is 7.86. The molecule has 0 spiro atoms. The van der Waals surface area contributed by atoms with Crippen molar-refractivity contribution in [3.05, 3.63) is 24.3 Å². The van der Waals surface area contributed by atoms with E-state index in [1.54, 1.807) is 11.3 Å². The van der Waals surface area contributed by atoms with E-state index in [0.29, 0.717) is 5.16 Å². The number of amides is 1. The minimum absolute atomic E-state index is 0.00276. The number of aromatic nitrogens is 3. The molecule has 7 nitrogen and oxygen atoms in total. The average molecular weight is 393 g/mol. The number of thiazole rings is 1. The third kappa shape index (κ3) is 3.68. The first-order valence-corrected chi connectivity index (χ1v) is 10.1. The molecule has 0 saturated heterocycles. The third-order valence-electron chi connectivity index (χ3n) is 4.23. The highest BCUT2D eigenvalue weighted by Crippen LogP contribution is 2.29. The fraction of sp³-hybridized carbons (Fsp3) is 0.412. The Morgan fingerprint density at radius 1 is 1.35 bits per heavy atom. The Hall–Kier alpha value is -2.13. The highest BCUT2D eigenvalue weighted by Gasteiger charge is 2.26. The molecule has 0 radical (unpaired) electrons. The zero-order valence-electron chi connectivity index (χ0n) is 14.8. The van der Waals surface area contributed by atoms with Gasteiger partial charge in [-0.25, -0.2) is 4.79 Å². The molecule has 0 aliphatic rings. The zero-order valence-corrected chi connectivity index (χ0v) is 16.4. The summed E-state index contributed by atoms with van der Waals surface area (Å²) in [5.41, 5.74) is 1.02. The van der Waals surface area contributed by atoms with E-state index in [1.807, 2.05) is 42.5 Å². The van der Waals surface area contributed by atoms with Crippen LogP contribution in [0.25, 0.3) is 15.2 Å². The van der Waals surface area contributed by atoms with Crippen molar-refractivity contribution in [2.24, 2.45) is 5.92 Å². The van der Waals surface area contributed by atoms with Crippen LogP contribution in [-0.4, -0.2) is 45.4 Å². The number of carbonyl (C=O) groups excluding carboxylic acids is 2. The quantitative estimate of drug-likeness (QED) is 0.492. The summed E-state index contributed by atoms with van der Waals surface area (Å²) >= 11 is 2.85. The van der Waals surface area contributed by atoms with Gasteiger partial charge in [-0.3, -0.25) is 9.20 Å². The molecule has 0 bridgehead atoms. The number of fused-ring (bicyclic) bond motifs is 3. The molecule has 2 atom stereocenters. The van der Waals surface area contributed by atoms with Gasteiger partial charge in [0, 0.05) is 0 Å². The van der Waals surface area contributed by atoms with Gasteiger partial charge in [-0.2, -0.15) is 0 Å². The highest BCUT2D eigenvalue weighted by atomic mass is 32.2. The van der Waals surface area contributed by atoms with E-state index in [9.17, 15) is 9.59 Å². The summed E-state index contributed by atoms with van der Waals surface area (Å²) in [6, 6.07) is 7.33. The number of hydrogen-bond donors (Lipinski definition) is 1. The molecule has 138 valence electrons. The van der Waals surface area contributed by atoms with Crippen LogP contribution in [0.5, 0.6) is 0 Å². The lowest BCUT2D eigenvalue weighted by Gasteiger charge is -2.21. The Morgan fingerprint density at radius 2 is 2.12 bits per heavy atom. The SMILES string of the molecule is CCC(C)C(NC(=O)CSc1nnc2sc3ccccc3n12)C(=O)OC. The summed E-state index contributed by atoms with van der Waals surface area (Å²) in [4.78, 5) is 25.0. The van der Waals surface area contributed by atoms with Crippen molar-refractivity contribution in [1.82, 2.24) is 19.9 Å². The largest absolute Gasteiger partial charge is 0.467 e. The summed E-state index contributed by atoms with van der Waals surface area (Å²) < 4.78 is 7.86. The van der Waals surface area contributed by atoms with Gasteiger partial charge in [0.25, 0.3) is 0 Å². The molecule has 0 aliphatic heterocycles. The first kappa shape index (κ1) is 18.7. The number of para-hydroxylation sites is 1. The number of nitrogens with zero attached hydrogens (tertiary/aromatic N) is 3. The van der Waals surface area contributed by atoms with Crippen molar-refractivity contribution >= 4 is 50.2 Å². The molecule has 0 saturated carbocycles. The number of nitrogens with one attached hydrogen (secondary N) is 1. The Morgan fingerprint density at radius 3 is 2.85 bits per heavy atom. The van der Waals surface area contributed by atoms with E-state index in [1.165, 1.54) is 18.9 Å². The molecule has 2 unspecified atom stereocenters. The molecule has 2 heterocycles. The van der Waals surface area contributed by atoms with Crippen molar-refractivity contribution in [2.45, 2.75) is 31.5 Å². The van der Waals surface area contributed by atoms with Crippen LogP contribution in [0.15, 0.2) is 29.4 Å². The zero-order chi connectivity index (χ0) is 18.7. The van der Waals surface area contributed by atoms with Gasteiger partial charge >= 0.3 is 5.97 Å². The molecular formula is C17H20N4O3S2. The van der Waals surface area contributed by atoms with Gasteiger partial charge in [-0.1, -0.05) is 55.5 Å². The normalized spacial score (nSPS) is 13.7. The Bertz CT molecular complexity index is 937. The first-order chi connectivity index (χ1) is 12.5. The van der Waals surface area contributed by atoms with E-state index in [0.717, 1.165) is 21.6 Å². The molecular weight excluding hydrogens is 372 g/mol. The van der Waals surface area contributed by atoms with E-state index in [-0.39, 0.29) is 17.6 Å². The smallest absolute Gasteiger partial charge is 0.328 e. The number of thioether (sulfide) groups is 1. The van der Waals surface area contributed by atoms with Gasteiger partial charge in [0.05, 0.1) is 23.1 Å². The van der Waals surface area contributed by atoms with Crippen molar-refractivity contribution in [3.63, 3.8) is 0 Å². The van der Waals surface area contributed by atoms with Crippen LogP contribution in [0.1, 0.15) is 20.3 Å². The molecule has 1 aromatic carbocycles. The molecule has 2 aromatic heterocycles. The van der Waals surface area contributed by atoms with Gasteiger partial charge in [-0.05, 0) is 18.1 Å². The van der Waals surface area contributed by atoms with Crippen LogP contribution >= 0.6 is 23.1 Å². The number of ether oxygens (including phenoxy) is 1. The van der Waals surface area contributed by atoms with Crippen LogP contribution in [-0.2, 0) is 14.3 Å². The minimum atomic E-state index is -0.640. The molecule has 3 rings (SSSR count).